The molecule has 1 N–H and O–H groups in total. The van der Waals surface area contributed by atoms with E-state index in [0.29, 0.717) is 37.9 Å². The van der Waals surface area contributed by atoms with E-state index in [1.807, 2.05) is 0 Å². The summed E-state index contributed by atoms with van der Waals surface area (Å²) in [5.74, 6) is -1.40. The molecule has 3 rings (SSSR count). The summed E-state index contributed by atoms with van der Waals surface area (Å²) >= 11 is 0. The van der Waals surface area contributed by atoms with Crippen LogP contribution in [0.4, 0.5) is 8.78 Å². The van der Waals surface area contributed by atoms with Crippen LogP contribution in [-0.4, -0.2) is 35.1 Å². The van der Waals surface area contributed by atoms with Crippen molar-refractivity contribution in [2.75, 3.05) is 13.1 Å². The molecule has 1 aliphatic carbocycles. The maximum atomic E-state index is 14.2. The summed E-state index contributed by atoms with van der Waals surface area (Å²) in [6, 6.07) is 3.46. The molecule has 1 aliphatic heterocycles. The average Bonchev–Trinajstić information content (AvgIpc) is 3.07. The van der Waals surface area contributed by atoms with E-state index in [4.69, 9.17) is 0 Å². The lowest BCUT2D eigenvalue weighted by Gasteiger charge is -2.33. The highest BCUT2D eigenvalue weighted by atomic mass is 19.1. The molecule has 0 radical (unpaired) electrons. The standard InChI is InChI=1S/C16H19F2NO2/c17-11-3-4-13(14(18)9-11)16(6-1-2-7-16)15(21)19-8-5-12(20)10-19/h3-4,9,12,20H,1-2,5-8,10H2/t12-/m1/s1. The minimum Gasteiger partial charge on any atom is -0.391 e. The molecule has 21 heavy (non-hydrogen) atoms. The number of likely N-dealkylation sites (tertiary alicyclic amines) is 1. The van der Waals surface area contributed by atoms with E-state index in [0.717, 1.165) is 18.9 Å². The summed E-state index contributed by atoms with van der Waals surface area (Å²) in [6.07, 6.45) is 2.96. The van der Waals surface area contributed by atoms with Gasteiger partial charge >= 0.3 is 0 Å². The van der Waals surface area contributed by atoms with Crippen molar-refractivity contribution in [2.45, 2.75) is 43.6 Å². The van der Waals surface area contributed by atoms with Crippen LogP contribution in [-0.2, 0) is 10.2 Å². The average molecular weight is 295 g/mol. The Hall–Kier alpha value is -1.49. The second-order valence-corrected chi connectivity index (χ2v) is 6.11. The number of β-amino-alcohol motifs (C(OH)–C–C–N with tert-alkyl or cyclic N) is 1. The molecule has 0 bridgehead atoms. The first kappa shape index (κ1) is 14.4. The first-order valence-electron chi connectivity index (χ1n) is 7.46. The number of amides is 1. The lowest BCUT2D eigenvalue weighted by atomic mass is 9.77. The molecular weight excluding hydrogens is 276 g/mol. The van der Waals surface area contributed by atoms with E-state index in [1.165, 1.54) is 12.1 Å². The summed E-state index contributed by atoms with van der Waals surface area (Å²) in [4.78, 5) is 14.5. The number of rotatable bonds is 2. The number of nitrogens with zero attached hydrogens (tertiary/aromatic N) is 1. The molecule has 0 spiro atoms. The van der Waals surface area contributed by atoms with Gasteiger partial charge in [0.15, 0.2) is 0 Å². The van der Waals surface area contributed by atoms with Crippen LogP contribution in [0.25, 0.3) is 0 Å². The van der Waals surface area contributed by atoms with Crippen molar-refractivity contribution >= 4 is 5.91 Å². The molecule has 1 heterocycles. The molecule has 0 aromatic heterocycles. The van der Waals surface area contributed by atoms with Crippen molar-refractivity contribution in [3.63, 3.8) is 0 Å². The Morgan fingerprint density at radius 3 is 2.57 bits per heavy atom. The summed E-state index contributed by atoms with van der Waals surface area (Å²) in [5.41, 5.74) is -0.588. The number of aliphatic hydroxyl groups excluding tert-OH is 1. The first-order valence-corrected chi connectivity index (χ1v) is 7.46. The second kappa shape index (κ2) is 5.37. The maximum absolute atomic E-state index is 14.2. The fourth-order valence-electron chi connectivity index (χ4n) is 3.68. The third-order valence-corrected chi connectivity index (χ3v) is 4.76. The molecule has 5 heteroatoms. The number of carbonyl (C=O) groups is 1. The summed E-state index contributed by atoms with van der Waals surface area (Å²) in [6.45, 7) is 0.813. The Labute approximate surface area is 122 Å². The van der Waals surface area contributed by atoms with Gasteiger partial charge in [0.1, 0.15) is 11.6 Å². The zero-order valence-electron chi connectivity index (χ0n) is 11.8. The van der Waals surface area contributed by atoms with Crippen LogP contribution in [0, 0.1) is 11.6 Å². The van der Waals surface area contributed by atoms with E-state index >= 15 is 0 Å². The lowest BCUT2D eigenvalue weighted by Crippen LogP contribution is -2.45. The molecule has 1 amide bonds. The Bertz CT molecular complexity index is 555. The van der Waals surface area contributed by atoms with Crippen LogP contribution in [0.5, 0.6) is 0 Å². The van der Waals surface area contributed by atoms with E-state index < -0.39 is 23.2 Å². The molecule has 2 fully saturated rings. The van der Waals surface area contributed by atoms with Gasteiger partial charge in [0.2, 0.25) is 5.91 Å². The van der Waals surface area contributed by atoms with Crippen molar-refractivity contribution in [3.05, 3.63) is 35.4 Å². The smallest absolute Gasteiger partial charge is 0.233 e. The van der Waals surface area contributed by atoms with Gasteiger partial charge < -0.3 is 10.0 Å². The van der Waals surface area contributed by atoms with Gasteiger partial charge in [-0.2, -0.15) is 0 Å². The van der Waals surface area contributed by atoms with E-state index in [-0.39, 0.29) is 5.91 Å². The highest BCUT2D eigenvalue weighted by Crippen LogP contribution is 2.44. The predicted octanol–water partition coefficient (Wildman–Crippen LogP) is 2.37. The van der Waals surface area contributed by atoms with Crippen molar-refractivity contribution in [3.8, 4) is 0 Å². The number of hydrogen-bond acceptors (Lipinski definition) is 2. The van der Waals surface area contributed by atoms with Gasteiger partial charge in [-0.25, -0.2) is 8.78 Å². The van der Waals surface area contributed by atoms with Crippen LogP contribution < -0.4 is 0 Å². The third-order valence-electron chi connectivity index (χ3n) is 4.76. The summed E-state index contributed by atoms with van der Waals surface area (Å²) < 4.78 is 27.4. The van der Waals surface area contributed by atoms with Crippen LogP contribution >= 0.6 is 0 Å². The number of carbonyl (C=O) groups excluding carboxylic acids is 1. The number of hydrogen-bond donors (Lipinski definition) is 1. The topological polar surface area (TPSA) is 40.5 Å². The fourth-order valence-corrected chi connectivity index (χ4v) is 3.68. The SMILES string of the molecule is O=C(N1CC[C@@H](O)C1)C1(c2ccc(F)cc2F)CCCC1. The minimum atomic E-state index is -0.887. The maximum Gasteiger partial charge on any atom is 0.233 e. The van der Waals surface area contributed by atoms with Crippen LogP contribution in [0.3, 0.4) is 0 Å². The van der Waals surface area contributed by atoms with E-state index in [9.17, 15) is 18.7 Å². The Morgan fingerprint density at radius 1 is 1.29 bits per heavy atom. The van der Waals surface area contributed by atoms with Crippen LogP contribution in [0.2, 0.25) is 0 Å². The van der Waals surface area contributed by atoms with Crippen molar-refractivity contribution in [1.82, 2.24) is 4.90 Å². The van der Waals surface area contributed by atoms with E-state index in [2.05, 4.69) is 0 Å². The van der Waals surface area contributed by atoms with Gasteiger partial charge in [-0.15, -0.1) is 0 Å². The molecular formula is C16H19F2NO2. The highest BCUT2D eigenvalue weighted by molar-refractivity contribution is 5.89. The quantitative estimate of drug-likeness (QED) is 0.910. The van der Waals surface area contributed by atoms with E-state index in [1.54, 1.807) is 4.90 Å². The van der Waals surface area contributed by atoms with Gasteiger partial charge in [0.05, 0.1) is 11.5 Å². The summed E-state index contributed by atoms with van der Waals surface area (Å²) in [5, 5.41) is 9.62. The molecule has 1 aromatic carbocycles. The Kier molecular flexibility index (Phi) is 3.69. The van der Waals surface area contributed by atoms with Gasteiger partial charge in [-0.1, -0.05) is 18.9 Å². The predicted molar refractivity (Wildman–Crippen MR) is 73.7 cm³/mol. The molecule has 2 aliphatic rings. The van der Waals surface area contributed by atoms with Crippen molar-refractivity contribution in [2.24, 2.45) is 0 Å². The van der Waals surface area contributed by atoms with Crippen molar-refractivity contribution < 1.29 is 18.7 Å². The highest BCUT2D eigenvalue weighted by Gasteiger charge is 2.47. The van der Waals surface area contributed by atoms with Gasteiger partial charge in [-0.05, 0) is 25.3 Å². The molecule has 1 saturated heterocycles. The zero-order chi connectivity index (χ0) is 15.0. The van der Waals surface area contributed by atoms with Crippen LogP contribution in [0.1, 0.15) is 37.7 Å². The number of halogens is 2. The Balaban J connectivity index is 1.97. The molecule has 0 unspecified atom stereocenters. The minimum absolute atomic E-state index is 0.123. The third kappa shape index (κ3) is 2.44. The zero-order valence-corrected chi connectivity index (χ0v) is 11.8. The molecule has 1 aromatic rings. The molecule has 114 valence electrons. The van der Waals surface area contributed by atoms with Gasteiger partial charge in [-0.3, -0.25) is 4.79 Å². The number of aliphatic hydroxyl groups is 1. The van der Waals surface area contributed by atoms with Gasteiger partial charge in [0.25, 0.3) is 0 Å². The first-order chi connectivity index (χ1) is 10.0. The largest absolute Gasteiger partial charge is 0.391 e. The second-order valence-electron chi connectivity index (χ2n) is 6.11. The normalized spacial score (nSPS) is 24.5. The molecule has 3 nitrogen and oxygen atoms in total. The molecule has 1 saturated carbocycles. The Morgan fingerprint density at radius 2 is 2.00 bits per heavy atom. The summed E-state index contributed by atoms with van der Waals surface area (Å²) in [7, 11) is 0. The van der Waals surface area contributed by atoms with Gasteiger partial charge in [0, 0.05) is 24.7 Å². The fraction of sp³-hybridized carbons (Fsp3) is 0.562. The van der Waals surface area contributed by atoms with Crippen LogP contribution in [0.15, 0.2) is 18.2 Å². The van der Waals surface area contributed by atoms with Crippen molar-refractivity contribution in [1.29, 1.82) is 0 Å². The molecule has 1 atom stereocenters. The monoisotopic (exact) mass is 295 g/mol. The number of benzene rings is 1. The lowest BCUT2D eigenvalue weighted by molar-refractivity contribution is -0.136.